The minimum absolute atomic E-state index is 0.0143. The first-order valence-electron chi connectivity index (χ1n) is 4.44. The quantitative estimate of drug-likeness (QED) is 0.605. The molecule has 0 amide bonds. The summed E-state index contributed by atoms with van der Waals surface area (Å²) in [5.74, 6) is 0.408. The molecule has 0 saturated carbocycles. The van der Waals surface area contributed by atoms with E-state index in [0.717, 1.165) is 0 Å². The highest BCUT2D eigenvalue weighted by Crippen LogP contribution is 2.26. The SMILES string of the molecule is C[C@H](O)c1cc2cc([N+](=O)[O-])ccc2o1. The summed E-state index contributed by atoms with van der Waals surface area (Å²) >= 11 is 0. The van der Waals surface area contributed by atoms with E-state index in [-0.39, 0.29) is 5.69 Å². The summed E-state index contributed by atoms with van der Waals surface area (Å²) in [6.07, 6.45) is -0.712. The number of hydrogen-bond donors (Lipinski definition) is 1. The van der Waals surface area contributed by atoms with E-state index in [9.17, 15) is 15.2 Å². The third kappa shape index (κ3) is 1.69. The van der Waals surface area contributed by atoms with Crippen LogP contribution >= 0.6 is 0 Å². The molecule has 0 unspecified atom stereocenters. The molecular weight excluding hydrogens is 198 g/mol. The van der Waals surface area contributed by atoms with Crippen LogP contribution in [0.2, 0.25) is 0 Å². The van der Waals surface area contributed by atoms with Gasteiger partial charge in [0.05, 0.1) is 4.92 Å². The summed E-state index contributed by atoms with van der Waals surface area (Å²) in [6.45, 7) is 1.58. The van der Waals surface area contributed by atoms with Crippen molar-refractivity contribution in [2.45, 2.75) is 13.0 Å². The molecule has 0 fully saturated rings. The van der Waals surface area contributed by atoms with Gasteiger partial charge in [-0.05, 0) is 19.1 Å². The second kappa shape index (κ2) is 3.36. The number of aliphatic hydroxyl groups excluding tert-OH is 1. The van der Waals surface area contributed by atoms with Crippen LogP contribution < -0.4 is 0 Å². The van der Waals surface area contributed by atoms with Crippen LogP contribution in [-0.2, 0) is 0 Å². The Kier molecular flexibility index (Phi) is 2.17. The number of nitrogens with zero attached hydrogens (tertiary/aromatic N) is 1. The Labute approximate surface area is 85.1 Å². The van der Waals surface area contributed by atoms with E-state index in [1.54, 1.807) is 13.0 Å². The van der Waals surface area contributed by atoms with E-state index in [0.29, 0.717) is 16.7 Å². The van der Waals surface area contributed by atoms with Crippen molar-refractivity contribution in [3.05, 3.63) is 40.1 Å². The van der Waals surface area contributed by atoms with Crippen molar-refractivity contribution in [1.82, 2.24) is 0 Å². The number of rotatable bonds is 2. The van der Waals surface area contributed by atoms with Gasteiger partial charge in [-0.25, -0.2) is 0 Å². The molecular formula is C10H9NO4. The smallest absolute Gasteiger partial charge is 0.270 e. The predicted molar refractivity (Wildman–Crippen MR) is 53.5 cm³/mol. The summed E-state index contributed by atoms with van der Waals surface area (Å²) in [7, 11) is 0. The number of nitro groups is 1. The maximum absolute atomic E-state index is 10.5. The first-order chi connectivity index (χ1) is 7.08. The second-order valence-electron chi connectivity index (χ2n) is 3.30. The number of hydrogen-bond acceptors (Lipinski definition) is 4. The molecule has 1 aromatic heterocycles. The Bertz CT molecular complexity index is 515. The molecule has 0 spiro atoms. The molecule has 1 N–H and O–H groups in total. The molecule has 15 heavy (non-hydrogen) atoms. The van der Waals surface area contributed by atoms with Crippen LogP contribution in [0, 0.1) is 10.1 Å². The van der Waals surface area contributed by atoms with Gasteiger partial charge in [-0.2, -0.15) is 0 Å². The zero-order chi connectivity index (χ0) is 11.0. The molecule has 1 heterocycles. The lowest BCUT2D eigenvalue weighted by Crippen LogP contribution is -1.85. The topological polar surface area (TPSA) is 76.5 Å². The number of fused-ring (bicyclic) bond motifs is 1. The fourth-order valence-electron chi connectivity index (χ4n) is 1.37. The van der Waals surface area contributed by atoms with Crippen LogP contribution in [0.15, 0.2) is 28.7 Å². The number of benzene rings is 1. The number of non-ortho nitro benzene ring substituents is 1. The maximum atomic E-state index is 10.5. The van der Waals surface area contributed by atoms with Crippen molar-refractivity contribution in [2.75, 3.05) is 0 Å². The average molecular weight is 207 g/mol. The number of nitro benzene ring substituents is 1. The molecule has 1 aromatic carbocycles. The zero-order valence-corrected chi connectivity index (χ0v) is 8.01. The first kappa shape index (κ1) is 9.67. The van der Waals surface area contributed by atoms with Crippen LogP contribution in [0.25, 0.3) is 11.0 Å². The number of furan rings is 1. The highest BCUT2D eigenvalue weighted by Gasteiger charge is 2.12. The minimum atomic E-state index is -0.712. The molecule has 0 aliphatic carbocycles. The monoisotopic (exact) mass is 207 g/mol. The highest BCUT2D eigenvalue weighted by molar-refractivity contribution is 5.80. The van der Waals surface area contributed by atoms with Crippen molar-refractivity contribution in [1.29, 1.82) is 0 Å². The van der Waals surface area contributed by atoms with Crippen LogP contribution in [0.5, 0.6) is 0 Å². The summed E-state index contributed by atoms with van der Waals surface area (Å²) < 4.78 is 5.29. The van der Waals surface area contributed by atoms with Crippen molar-refractivity contribution >= 4 is 16.7 Å². The fraction of sp³-hybridized carbons (Fsp3) is 0.200. The van der Waals surface area contributed by atoms with E-state index >= 15 is 0 Å². The average Bonchev–Trinajstić information content (AvgIpc) is 2.59. The summed E-state index contributed by atoms with van der Waals surface area (Å²) in [6, 6.07) is 5.93. The third-order valence-electron chi connectivity index (χ3n) is 2.14. The summed E-state index contributed by atoms with van der Waals surface area (Å²) in [4.78, 5) is 10.0. The molecule has 0 bridgehead atoms. The normalized spacial score (nSPS) is 12.9. The predicted octanol–water partition coefficient (Wildman–Crippen LogP) is 2.39. The lowest BCUT2D eigenvalue weighted by Gasteiger charge is -1.95. The van der Waals surface area contributed by atoms with Gasteiger partial charge < -0.3 is 9.52 Å². The van der Waals surface area contributed by atoms with Crippen LogP contribution in [-0.4, -0.2) is 10.0 Å². The molecule has 78 valence electrons. The molecule has 0 aliphatic rings. The van der Waals surface area contributed by atoms with Gasteiger partial charge in [0.1, 0.15) is 17.4 Å². The van der Waals surface area contributed by atoms with Gasteiger partial charge in [0, 0.05) is 17.5 Å². The fourth-order valence-corrected chi connectivity index (χ4v) is 1.37. The van der Waals surface area contributed by atoms with Gasteiger partial charge in [0.15, 0.2) is 0 Å². The van der Waals surface area contributed by atoms with Gasteiger partial charge in [0.2, 0.25) is 0 Å². The largest absolute Gasteiger partial charge is 0.458 e. The molecule has 2 aromatic rings. The zero-order valence-electron chi connectivity index (χ0n) is 8.01. The van der Waals surface area contributed by atoms with Crippen LogP contribution in [0.3, 0.4) is 0 Å². The molecule has 5 nitrogen and oxygen atoms in total. The Morgan fingerprint density at radius 1 is 1.47 bits per heavy atom. The van der Waals surface area contributed by atoms with Crippen LogP contribution in [0.1, 0.15) is 18.8 Å². The first-order valence-corrected chi connectivity index (χ1v) is 4.44. The van der Waals surface area contributed by atoms with Crippen LogP contribution in [0.4, 0.5) is 5.69 Å². The molecule has 1 atom stereocenters. The van der Waals surface area contributed by atoms with E-state index in [1.165, 1.54) is 18.2 Å². The molecule has 5 heteroatoms. The van der Waals surface area contributed by atoms with E-state index in [4.69, 9.17) is 4.42 Å². The van der Waals surface area contributed by atoms with Gasteiger partial charge in [0.25, 0.3) is 5.69 Å². The summed E-state index contributed by atoms with van der Waals surface area (Å²) in [5, 5.41) is 20.4. The van der Waals surface area contributed by atoms with Gasteiger partial charge in [-0.1, -0.05) is 0 Å². The maximum Gasteiger partial charge on any atom is 0.270 e. The Hall–Kier alpha value is -1.88. The van der Waals surface area contributed by atoms with E-state index in [2.05, 4.69) is 0 Å². The lowest BCUT2D eigenvalue weighted by molar-refractivity contribution is -0.384. The number of aliphatic hydroxyl groups is 1. The Morgan fingerprint density at radius 2 is 2.20 bits per heavy atom. The molecule has 0 saturated heterocycles. The van der Waals surface area contributed by atoms with Gasteiger partial charge in [-0.3, -0.25) is 10.1 Å². The molecule has 0 aliphatic heterocycles. The Balaban J connectivity index is 2.57. The van der Waals surface area contributed by atoms with Gasteiger partial charge in [-0.15, -0.1) is 0 Å². The van der Waals surface area contributed by atoms with Crippen molar-refractivity contribution in [3.8, 4) is 0 Å². The second-order valence-corrected chi connectivity index (χ2v) is 3.30. The molecule has 2 rings (SSSR count). The van der Waals surface area contributed by atoms with Crippen molar-refractivity contribution in [3.63, 3.8) is 0 Å². The van der Waals surface area contributed by atoms with Crippen molar-refractivity contribution in [2.24, 2.45) is 0 Å². The standard InChI is InChI=1S/C10H9NO4/c1-6(12)10-5-7-4-8(11(13)14)2-3-9(7)15-10/h2-6,12H,1H3/t6-/m0/s1. The minimum Gasteiger partial charge on any atom is -0.458 e. The van der Waals surface area contributed by atoms with E-state index < -0.39 is 11.0 Å². The highest BCUT2D eigenvalue weighted by atomic mass is 16.6. The lowest BCUT2D eigenvalue weighted by atomic mass is 10.2. The third-order valence-corrected chi connectivity index (χ3v) is 2.14. The Morgan fingerprint density at radius 3 is 2.80 bits per heavy atom. The molecule has 0 radical (unpaired) electrons. The van der Waals surface area contributed by atoms with E-state index in [1.807, 2.05) is 0 Å². The summed E-state index contributed by atoms with van der Waals surface area (Å²) in [5.41, 5.74) is 0.553. The van der Waals surface area contributed by atoms with Gasteiger partial charge >= 0.3 is 0 Å². The van der Waals surface area contributed by atoms with Crippen molar-refractivity contribution < 1.29 is 14.4 Å².